The summed E-state index contributed by atoms with van der Waals surface area (Å²) in [7, 11) is 1.88. The molecule has 1 aromatic heterocycles. The highest BCUT2D eigenvalue weighted by Crippen LogP contribution is 2.16. The van der Waals surface area contributed by atoms with Gasteiger partial charge in [0, 0.05) is 18.5 Å². The van der Waals surface area contributed by atoms with Crippen LogP contribution < -0.4 is 10.6 Å². The fourth-order valence-corrected chi connectivity index (χ4v) is 3.86. The number of benzene rings is 2. The zero-order valence-electron chi connectivity index (χ0n) is 18.1. The van der Waals surface area contributed by atoms with Gasteiger partial charge >= 0.3 is 0 Å². The van der Waals surface area contributed by atoms with Gasteiger partial charge in [-0.1, -0.05) is 48.9 Å². The number of thiazole rings is 1. The molecule has 1 heterocycles. The third-order valence-corrected chi connectivity index (χ3v) is 5.81. The number of carbonyl (C=O) groups is 2. The summed E-state index contributed by atoms with van der Waals surface area (Å²) in [6.07, 6.45) is 0.914. The molecule has 3 rings (SSSR count). The highest BCUT2D eigenvalue weighted by Gasteiger charge is 2.15. The van der Waals surface area contributed by atoms with Gasteiger partial charge in [-0.25, -0.2) is 4.98 Å². The fourth-order valence-electron chi connectivity index (χ4n) is 3.12. The number of anilines is 1. The molecule has 2 aromatic carbocycles. The van der Waals surface area contributed by atoms with Crippen LogP contribution in [-0.2, 0) is 24.3 Å². The lowest BCUT2D eigenvalue weighted by atomic mass is 10.1. The van der Waals surface area contributed by atoms with Crippen molar-refractivity contribution >= 4 is 28.8 Å². The van der Waals surface area contributed by atoms with E-state index >= 15 is 0 Å². The standard InChI is InChI=1S/C24H28N4O2S/c1-4-23-26-19(16-31-23)14-28(3)15-22(29)27-21-8-6-5-7-20(21)24(30)25-13-18-11-9-17(2)10-12-18/h5-12,16H,4,13-15H2,1-3H3,(H,25,30)(H,27,29). The van der Waals surface area contributed by atoms with Crippen LogP contribution in [0, 0.1) is 6.92 Å². The van der Waals surface area contributed by atoms with E-state index in [1.54, 1.807) is 35.6 Å². The molecule has 0 fully saturated rings. The quantitative estimate of drug-likeness (QED) is 0.531. The summed E-state index contributed by atoms with van der Waals surface area (Å²) in [5.41, 5.74) is 4.11. The Morgan fingerprint density at radius 1 is 1.10 bits per heavy atom. The first-order valence-corrected chi connectivity index (χ1v) is 11.2. The normalized spacial score (nSPS) is 10.8. The van der Waals surface area contributed by atoms with Gasteiger partial charge in [0.15, 0.2) is 0 Å². The maximum atomic E-state index is 12.7. The minimum absolute atomic E-state index is 0.174. The van der Waals surface area contributed by atoms with Crippen LogP contribution in [0.15, 0.2) is 53.9 Å². The Bertz CT molecular complexity index is 1030. The first-order valence-electron chi connectivity index (χ1n) is 10.3. The molecule has 0 spiro atoms. The van der Waals surface area contributed by atoms with Crippen molar-refractivity contribution in [2.45, 2.75) is 33.4 Å². The van der Waals surface area contributed by atoms with E-state index in [4.69, 9.17) is 0 Å². The second-order valence-electron chi connectivity index (χ2n) is 7.52. The number of rotatable bonds is 9. The fraction of sp³-hybridized carbons (Fsp3) is 0.292. The van der Waals surface area contributed by atoms with Gasteiger partial charge in [0.25, 0.3) is 5.91 Å². The van der Waals surface area contributed by atoms with Gasteiger partial charge in [0.2, 0.25) is 5.91 Å². The van der Waals surface area contributed by atoms with Crippen molar-refractivity contribution in [1.82, 2.24) is 15.2 Å². The van der Waals surface area contributed by atoms with Crippen LogP contribution in [0.25, 0.3) is 0 Å². The van der Waals surface area contributed by atoms with Crippen LogP contribution >= 0.6 is 11.3 Å². The largest absolute Gasteiger partial charge is 0.348 e. The molecule has 0 aliphatic carbocycles. The van der Waals surface area contributed by atoms with Crippen molar-refractivity contribution in [3.63, 3.8) is 0 Å². The number of para-hydroxylation sites is 1. The van der Waals surface area contributed by atoms with Crippen LogP contribution in [0.3, 0.4) is 0 Å². The molecule has 162 valence electrons. The van der Waals surface area contributed by atoms with Gasteiger partial charge < -0.3 is 10.6 Å². The molecule has 0 aliphatic rings. The van der Waals surface area contributed by atoms with Crippen molar-refractivity contribution in [2.24, 2.45) is 0 Å². The summed E-state index contributed by atoms with van der Waals surface area (Å²) in [6.45, 7) is 5.34. The summed E-state index contributed by atoms with van der Waals surface area (Å²) < 4.78 is 0. The number of likely N-dealkylation sites (N-methyl/N-ethyl adjacent to an activating group) is 1. The van der Waals surface area contributed by atoms with Crippen molar-refractivity contribution in [3.8, 4) is 0 Å². The summed E-state index contributed by atoms with van der Waals surface area (Å²) in [5, 5.41) is 8.92. The van der Waals surface area contributed by atoms with E-state index in [0.717, 1.165) is 22.7 Å². The summed E-state index contributed by atoms with van der Waals surface area (Å²) >= 11 is 1.64. The predicted octanol–water partition coefficient (Wildman–Crippen LogP) is 4.01. The Balaban J connectivity index is 1.56. The minimum Gasteiger partial charge on any atom is -0.348 e. The molecule has 0 bridgehead atoms. The van der Waals surface area contributed by atoms with Gasteiger partial charge in [-0.15, -0.1) is 11.3 Å². The third kappa shape index (κ3) is 6.73. The SMILES string of the molecule is CCc1nc(CN(C)CC(=O)Nc2ccccc2C(=O)NCc2ccc(C)cc2)cs1. The van der Waals surface area contributed by atoms with Gasteiger partial charge in [-0.05, 0) is 38.1 Å². The van der Waals surface area contributed by atoms with Crippen LogP contribution in [0.2, 0.25) is 0 Å². The van der Waals surface area contributed by atoms with E-state index < -0.39 is 0 Å². The Morgan fingerprint density at radius 2 is 1.84 bits per heavy atom. The van der Waals surface area contributed by atoms with Crippen LogP contribution in [-0.4, -0.2) is 35.3 Å². The molecular weight excluding hydrogens is 408 g/mol. The van der Waals surface area contributed by atoms with Gasteiger partial charge in [0.05, 0.1) is 28.5 Å². The lowest BCUT2D eigenvalue weighted by molar-refractivity contribution is -0.117. The summed E-state index contributed by atoms with van der Waals surface area (Å²) in [5.74, 6) is -0.397. The molecule has 2 N–H and O–H groups in total. The van der Waals surface area contributed by atoms with Crippen molar-refractivity contribution in [1.29, 1.82) is 0 Å². The Hall–Kier alpha value is -3.03. The van der Waals surface area contributed by atoms with Crippen molar-refractivity contribution in [3.05, 3.63) is 81.3 Å². The van der Waals surface area contributed by atoms with E-state index in [2.05, 4.69) is 22.5 Å². The smallest absolute Gasteiger partial charge is 0.253 e. The molecule has 6 nitrogen and oxygen atoms in total. The Labute approximate surface area is 187 Å². The average Bonchev–Trinajstić information content (AvgIpc) is 3.20. The second-order valence-corrected chi connectivity index (χ2v) is 8.46. The molecule has 0 radical (unpaired) electrons. The van der Waals surface area contributed by atoms with Crippen molar-refractivity contribution in [2.75, 3.05) is 18.9 Å². The number of aryl methyl sites for hydroxylation is 2. The number of hydrogen-bond donors (Lipinski definition) is 2. The molecule has 0 saturated carbocycles. The Kier molecular flexibility index (Phi) is 7.92. The number of aromatic nitrogens is 1. The molecule has 0 aliphatic heterocycles. The highest BCUT2D eigenvalue weighted by molar-refractivity contribution is 7.09. The van der Waals surface area contributed by atoms with Gasteiger partial charge in [-0.3, -0.25) is 14.5 Å². The lowest BCUT2D eigenvalue weighted by Crippen LogP contribution is -2.31. The third-order valence-electron chi connectivity index (χ3n) is 4.77. The monoisotopic (exact) mass is 436 g/mol. The van der Waals surface area contributed by atoms with Crippen molar-refractivity contribution < 1.29 is 9.59 Å². The molecule has 0 saturated heterocycles. The van der Waals surface area contributed by atoms with Crippen LogP contribution in [0.4, 0.5) is 5.69 Å². The first-order chi connectivity index (χ1) is 14.9. The number of hydrogen-bond acceptors (Lipinski definition) is 5. The van der Waals surface area contributed by atoms with Gasteiger partial charge in [-0.2, -0.15) is 0 Å². The predicted molar refractivity (Wildman–Crippen MR) is 125 cm³/mol. The first kappa shape index (κ1) is 22.7. The number of amides is 2. The second kappa shape index (κ2) is 10.8. The molecule has 3 aromatic rings. The molecule has 31 heavy (non-hydrogen) atoms. The van der Waals surface area contributed by atoms with E-state index in [1.165, 1.54) is 5.56 Å². The zero-order chi connectivity index (χ0) is 22.2. The molecule has 0 atom stereocenters. The number of carbonyl (C=O) groups excluding carboxylic acids is 2. The van der Waals surface area contributed by atoms with E-state index in [1.807, 2.05) is 48.5 Å². The zero-order valence-corrected chi connectivity index (χ0v) is 19.0. The maximum Gasteiger partial charge on any atom is 0.253 e. The summed E-state index contributed by atoms with van der Waals surface area (Å²) in [4.78, 5) is 31.7. The molecular formula is C24H28N4O2S. The molecule has 7 heteroatoms. The topological polar surface area (TPSA) is 74.3 Å². The van der Waals surface area contributed by atoms with E-state index in [9.17, 15) is 9.59 Å². The Morgan fingerprint density at radius 3 is 2.55 bits per heavy atom. The summed E-state index contributed by atoms with van der Waals surface area (Å²) in [6, 6.07) is 15.1. The highest BCUT2D eigenvalue weighted by atomic mass is 32.1. The molecule has 0 unspecified atom stereocenters. The van der Waals surface area contributed by atoms with Crippen LogP contribution in [0.1, 0.15) is 39.1 Å². The maximum absolute atomic E-state index is 12.7. The van der Waals surface area contributed by atoms with Crippen LogP contribution in [0.5, 0.6) is 0 Å². The number of nitrogens with one attached hydrogen (secondary N) is 2. The van der Waals surface area contributed by atoms with Gasteiger partial charge in [0.1, 0.15) is 0 Å². The van der Waals surface area contributed by atoms with E-state index in [0.29, 0.717) is 24.3 Å². The van der Waals surface area contributed by atoms with E-state index in [-0.39, 0.29) is 18.4 Å². The average molecular weight is 437 g/mol. The minimum atomic E-state index is -0.223. The molecule has 2 amide bonds. The number of nitrogens with zero attached hydrogens (tertiary/aromatic N) is 2. The lowest BCUT2D eigenvalue weighted by Gasteiger charge is -2.16.